The topological polar surface area (TPSA) is 6.48 Å². The summed E-state index contributed by atoms with van der Waals surface area (Å²) in [5, 5.41) is 10.4. The van der Waals surface area contributed by atoms with Crippen LogP contribution in [0.3, 0.4) is 0 Å². The monoisotopic (exact) mass is 1450 g/mol. The summed E-state index contributed by atoms with van der Waals surface area (Å²) in [5.41, 5.74) is 25.5. The fraction of sp³-hybridized carbons (Fsp3) is 0.0377. The van der Waals surface area contributed by atoms with E-state index in [0.717, 1.165) is 72.9 Å². The van der Waals surface area contributed by atoms with Gasteiger partial charge in [-0.2, -0.15) is 0 Å². The maximum absolute atomic E-state index is 3.56. The van der Waals surface area contributed by atoms with Crippen LogP contribution < -0.4 is 67.7 Å². The summed E-state index contributed by atoms with van der Waals surface area (Å²) in [4.78, 5) is 5.46. The fourth-order valence-corrected chi connectivity index (χ4v) is 27.6. The first-order chi connectivity index (χ1) is 54.7. The van der Waals surface area contributed by atoms with Crippen molar-refractivity contribution in [3.63, 3.8) is 0 Å². The molecule has 0 saturated heterocycles. The molecule has 2 heterocycles. The van der Waals surface area contributed by atoms with Crippen molar-refractivity contribution < 1.29 is 0 Å². The van der Waals surface area contributed by atoms with Crippen LogP contribution in [0.4, 0.5) is 34.1 Å². The quantitative estimate of drug-likeness (QED) is 0.0703. The van der Waals surface area contributed by atoms with Crippen LogP contribution in [0.15, 0.2) is 437 Å². The standard InChI is InChI=1S/C106H81BN2Si2/c1-106(2,3)87-61-63-98-101(72-87)108(88-67-85(79-42-20-7-21-43-79)66-86(68-88)80-44-22-8-23-45-80)103-74-96(111(91-54-30-12-31-55-91,92-56-32-13-33-57-92)94-59-35-49-83(70-94)77-38-16-5-17-39-77)75-104-105(103)107(98)99-64-62-95(73-102(99)109(104)100-65-60-84(78-40-18-6-19-41-78)71-97(100)81-46-24-9-25-47-81)110(89-50-26-10-27-51-89,90-52-28-11-29-53-90)93-58-34-48-82(69-93)76-36-14-4-15-37-76/h4-75H,1-3H3. The molecule has 17 aromatic rings. The van der Waals surface area contributed by atoms with E-state index in [0.29, 0.717) is 0 Å². The number of hydrogen-bond donors (Lipinski definition) is 0. The molecule has 2 nitrogen and oxygen atoms in total. The van der Waals surface area contributed by atoms with E-state index in [9.17, 15) is 0 Å². The van der Waals surface area contributed by atoms with Crippen molar-refractivity contribution in [1.29, 1.82) is 0 Å². The van der Waals surface area contributed by atoms with Gasteiger partial charge in [-0.1, -0.05) is 403 Å². The average molecular weight is 1450 g/mol. The third-order valence-electron chi connectivity index (χ3n) is 23.3. The SMILES string of the molecule is CC(C)(C)c1ccc2c(c1)N(c1cc(-c3ccccc3)cc(-c3ccccc3)c1)c1cc([Si](c3ccccc3)(c3ccccc3)c3cccc(-c4ccccc4)c3)cc3c1B2c1ccc([Si](c2ccccc2)(c2ccccc2)c2cccc(-c4ccccc4)c2)cc1N3c1ccc(-c2ccccc2)cc1-c1ccccc1. The smallest absolute Gasteiger partial charge is 0.252 e. The van der Waals surface area contributed by atoms with E-state index >= 15 is 0 Å². The van der Waals surface area contributed by atoms with Gasteiger partial charge in [-0.3, -0.25) is 0 Å². The van der Waals surface area contributed by atoms with Gasteiger partial charge in [-0.25, -0.2) is 0 Å². The Kier molecular flexibility index (Phi) is 17.7. The molecule has 0 atom stereocenters. The van der Waals surface area contributed by atoms with Gasteiger partial charge in [-0.05, 0) is 185 Å². The molecule has 0 saturated carbocycles. The minimum atomic E-state index is -3.56. The Bertz CT molecular complexity index is 6090. The summed E-state index contributed by atoms with van der Waals surface area (Å²) in [5.74, 6) is 0. The van der Waals surface area contributed by atoms with Gasteiger partial charge < -0.3 is 9.80 Å². The van der Waals surface area contributed by atoms with E-state index in [1.807, 2.05) is 0 Å². The lowest BCUT2D eigenvalue weighted by atomic mass is 9.33. The number of benzene rings is 17. The van der Waals surface area contributed by atoms with E-state index in [1.54, 1.807) is 0 Å². The second-order valence-electron chi connectivity index (χ2n) is 30.7. The van der Waals surface area contributed by atoms with E-state index in [4.69, 9.17) is 0 Å². The summed E-state index contributed by atoms with van der Waals surface area (Å²) < 4.78 is 0. The van der Waals surface area contributed by atoms with Crippen LogP contribution >= 0.6 is 0 Å². The third-order valence-corrected chi connectivity index (χ3v) is 32.7. The molecular formula is C106H81BN2Si2. The first-order valence-electron chi connectivity index (χ1n) is 38.8. The molecule has 17 aromatic carbocycles. The fourth-order valence-electron chi connectivity index (χ4n) is 18.0. The second kappa shape index (κ2) is 28.8. The highest BCUT2D eigenvalue weighted by atomic mass is 28.3. The van der Waals surface area contributed by atoms with Crippen LogP contribution in [0.25, 0.3) is 66.8 Å². The molecule has 526 valence electrons. The van der Waals surface area contributed by atoms with Gasteiger partial charge in [0.15, 0.2) is 16.1 Å². The Balaban J connectivity index is 1.01. The van der Waals surface area contributed by atoms with Crippen LogP contribution in [0.2, 0.25) is 0 Å². The molecule has 0 aromatic heterocycles. The van der Waals surface area contributed by atoms with E-state index in [2.05, 4.69) is 467 Å². The highest BCUT2D eigenvalue weighted by molar-refractivity contribution is 7.21. The first kappa shape index (κ1) is 68.4. The predicted molar refractivity (Wildman–Crippen MR) is 479 cm³/mol. The van der Waals surface area contributed by atoms with Gasteiger partial charge in [0.1, 0.15) is 0 Å². The number of fused-ring (bicyclic) bond motifs is 4. The van der Waals surface area contributed by atoms with Crippen LogP contribution in [0.5, 0.6) is 0 Å². The van der Waals surface area contributed by atoms with Crippen molar-refractivity contribution in [1.82, 2.24) is 0 Å². The molecular weight excluding hydrogens is 1370 g/mol. The van der Waals surface area contributed by atoms with Gasteiger partial charge >= 0.3 is 0 Å². The molecule has 111 heavy (non-hydrogen) atoms. The third kappa shape index (κ3) is 12.1. The number of hydrogen-bond acceptors (Lipinski definition) is 2. The summed E-state index contributed by atoms with van der Waals surface area (Å²) in [6, 6.07) is 167. The number of nitrogens with zero attached hydrogens (tertiary/aromatic N) is 2. The van der Waals surface area contributed by atoms with Gasteiger partial charge in [0.05, 0.1) is 5.69 Å². The normalized spacial score (nSPS) is 12.4. The molecule has 0 unspecified atom stereocenters. The zero-order chi connectivity index (χ0) is 74.5. The van der Waals surface area contributed by atoms with Crippen molar-refractivity contribution in [3.05, 3.63) is 442 Å². The molecule has 0 spiro atoms. The lowest BCUT2D eigenvalue weighted by molar-refractivity contribution is 0.590. The molecule has 0 aliphatic carbocycles. The van der Waals surface area contributed by atoms with E-state index in [1.165, 1.54) is 91.4 Å². The molecule has 0 amide bonds. The maximum Gasteiger partial charge on any atom is 0.252 e. The van der Waals surface area contributed by atoms with Gasteiger partial charge in [0.2, 0.25) is 0 Å². The largest absolute Gasteiger partial charge is 0.311 e. The Morgan fingerprint density at radius 3 is 0.955 bits per heavy atom. The van der Waals surface area contributed by atoms with Crippen molar-refractivity contribution in [2.24, 2.45) is 0 Å². The Hall–Kier alpha value is -13.2. The molecule has 0 bridgehead atoms. The molecule has 19 rings (SSSR count). The maximum atomic E-state index is 2.75. The summed E-state index contributed by atoms with van der Waals surface area (Å²) >= 11 is 0. The number of rotatable bonds is 16. The van der Waals surface area contributed by atoms with E-state index in [-0.39, 0.29) is 12.1 Å². The average Bonchev–Trinajstić information content (AvgIpc) is 0.683. The highest BCUT2D eigenvalue weighted by Crippen LogP contribution is 2.49. The van der Waals surface area contributed by atoms with Crippen LogP contribution in [-0.4, -0.2) is 22.9 Å². The lowest BCUT2D eigenvalue weighted by Gasteiger charge is -2.47. The highest BCUT2D eigenvalue weighted by Gasteiger charge is 2.50. The minimum Gasteiger partial charge on any atom is -0.311 e. The van der Waals surface area contributed by atoms with Crippen LogP contribution in [0, 0.1) is 0 Å². The van der Waals surface area contributed by atoms with Crippen molar-refractivity contribution in [3.8, 4) is 66.8 Å². The zero-order valence-electron chi connectivity index (χ0n) is 62.5. The Morgan fingerprint density at radius 1 is 0.207 bits per heavy atom. The molecule has 2 aliphatic rings. The molecule has 0 radical (unpaired) electrons. The number of anilines is 6. The van der Waals surface area contributed by atoms with Gasteiger partial charge in [-0.15, -0.1) is 0 Å². The molecule has 0 fully saturated rings. The van der Waals surface area contributed by atoms with Crippen LogP contribution in [0.1, 0.15) is 26.3 Å². The first-order valence-corrected chi connectivity index (χ1v) is 42.8. The molecule has 5 heteroatoms. The molecule has 0 N–H and O–H groups in total. The van der Waals surface area contributed by atoms with Gasteiger partial charge in [0, 0.05) is 34.0 Å². The summed E-state index contributed by atoms with van der Waals surface area (Å²) in [7, 11) is -6.93. The van der Waals surface area contributed by atoms with Crippen molar-refractivity contribution >= 4 is 115 Å². The van der Waals surface area contributed by atoms with Crippen molar-refractivity contribution in [2.75, 3.05) is 9.80 Å². The Morgan fingerprint density at radius 2 is 0.532 bits per heavy atom. The van der Waals surface area contributed by atoms with Gasteiger partial charge in [0.25, 0.3) is 6.71 Å². The summed E-state index contributed by atoms with van der Waals surface area (Å²) in [6.07, 6.45) is 0. The second-order valence-corrected chi connectivity index (χ2v) is 38.3. The van der Waals surface area contributed by atoms with Crippen LogP contribution in [-0.2, 0) is 5.41 Å². The zero-order valence-corrected chi connectivity index (χ0v) is 64.5. The predicted octanol–water partition coefficient (Wildman–Crippen LogP) is 19.8. The van der Waals surface area contributed by atoms with Crippen molar-refractivity contribution in [2.45, 2.75) is 26.2 Å². The lowest BCUT2D eigenvalue weighted by Crippen LogP contribution is -2.75. The van der Waals surface area contributed by atoms with E-state index < -0.39 is 16.1 Å². The Labute approximate surface area is 655 Å². The molecule has 2 aliphatic heterocycles. The summed E-state index contributed by atoms with van der Waals surface area (Å²) in [6.45, 7) is 6.85. The minimum absolute atomic E-state index is 0.210.